The van der Waals surface area contributed by atoms with Gasteiger partial charge in [0.05, 0.1) is 18.4 Å². The molecule has 1 heterocycles. The first-order valence-corrected chi connectivity index (χ1v) is 7.57. The highest BCUT2D eigenvalue weighted by atomic mass is 16.5. The van der Waals surface area contributed by atoms with Gasteiger partial charge < -0.3 is 14.7 Å². The fourth-order valence-electron chi connectivity index (χ4n) is 3.66. The number of carbonyl (C=O) groups excluding carboxylic acids is 1. The molecule has 114 valence electrons. The molecule has 1 N–H and O–H groups in total. The molecular formula is C15H25NO4. The number of nitrogens with zero attached hydrogens (tertiary/aromatic N) is 1. The van der Waals surface area contributed by atoms with Crippen LogP contribution < -0.4 is 0 Å². The molecule has 2 aliphatic rings. The molecule has 20 heavy (non-hydrogen) atoms. The second kappa shape index (κ2) is 6.57. The average Bonchev–Trinajstić information content (AvgIpc) is 3.04. The van der Waals surface area contributed by atoms with E-state index in [0.29, 0.717) is 31.4 Å². The molecule has 0 bridgehead atoms. The molecule has 0 aromatic heterocycles. The molecule has 2 fully saturated rings. The number of carboxylic acids is 1. The van der Waals surface area contributed by atoms with Crippen molar-refractivity contribution >= 4 is 11.9 Å². The lowest BCUT2D eigenvalue weighted by molar-refractivity contribution is -0.148. The summed E-state index contributed by atoms with van der Waals surface area (Å²) in [7, 11) is 1.67. The largest absolute Gasteiger partial charge is 0.481 e. The van der Waals surface area contributed by atoms with Gasteiger partial charge in [0.15, 0.2) is 0 Å². The molecule has 0 aromatic carbocycles. The number of rotatable bonds is 5. The Morgan fingerprint density at radius 3 is 2.55 bits per heavy atom. The van der Waals surface area contributed by atoms with Crippen LogP contribution in [-0.2, 0) is 14.3 Å². The van der Waals surface area contributed by atoms with Crippen LogP contribution in [0.4, 0.5) is 0 Å². The van der Waals surface area contributed by atoms with Crippen LogP contribution in [0.3, 0.4) is 0 Å². The second-order valence-electron chi connectivity index (χ2n) is 6.19. The number of aliphatic carboxylic acids is 1. The maximum Gasteiger partial charge on any atom is 0.307 e. The van der Waals surface area contributed by atoms with Gasteiger partial charge in [0.25, 0.3) is 0 Å². The van der Waals surface area contributed by atoms with Gasteiger partial charge in [0.2, 0.25) is 5.91 Å². The lowest BCUT2D eigenvalue weighted by Gasteiger charge is -2.23. The molecule has 0 radical (unpaired) electrons. The lowest BCUT2D eigenvalue weighted by Crippen LogP contribution is -2.38. The van der Waals surface area contributed by atoms with Crippen molar-refractivity contribution in [3.05, 3.63) is 0 Å². The maximum absolute atomic E-state index is 12.6. The number of hydrogen-bond acceptors (Lipinski definition) is 3. The van der Waals surface area contributed by atoms with Crippen LogP contribution in [0.5, 0.6) is 0 Å². The monoisotopic (exact) mass is 283 g/mol. The quantitative estimate of drug-likeness (QED) is 0.832. The molecule has 2 unspecified atom stereocenters. The average molecular weight is 283 g/mol. The molecule has 5 heteroatoms. The zero-order valence-electron chi connectivity index (χ0n) is 12.4. The highest BCUT2D eigenvalue weighted by molar-refractivity contribution is 5.85. The summed E-state index contributed by atoms with van der Waals surface area (Å²) in [6.45, 7) is 4.20. The van der Waals surface area contributed by atoms with Crippen molar-refractivity contribution in [2.45, 2.75) is 32.6 Å². The SMILES string of the molecule is CCC1C[C@H](C(=O)N2CCC(COC)C2)[C@H](C(=O)O)C1. The molecule has 1 amide bonds. The summed E-state index contributed by atoms with van der Waals surface area (Å²) in [6, 6.07) is 0. The predicted molar refractivity (Wildman–Crippen MR) is 74.2 cm³/mol. The normalized spacial score (nSPS) is 33.6. The minimum absolute atomic E-state index is 0.0481. The highest BCUT2D eigenvalue weighted by Crippen LogP contribution is 2.40. The number of hydrogen-bond donors (Lipinski definition) is 1. The van der Waals surface area contributed by atoms with Crippen LogP contribution in [0, 0.1) is 23.7 Å². The smallest absolute Gasteiger partial charge is 0.307 e. The number of carbonyl (C=O) groups is 2. The van der Waals surface area contributed by atoms with Gasteiger partial charge in [0.1, 0.15) is 0 Å². The number of ether oxygens (including phenoxy) is 1. The van der Waals surface area contributed by atoms with Crippen molar-refractivity contribution in [3.63, 3.8) is 0 Å². The summed E-state index contributed by atoms with van der Waals surface area (Å²) in [5.41, 5.74) is 0. The summed E-state index contributed by atoms with van der Waals surface area (Å²) in [5, 5.41) is 9.33. The second-order valence-corrected chi connectivity index (χ2v) is 6.19. The number of carboxylic acid groups (broad SMARTS) is 1. The minimum atomic E-state index is -0.813. The first kappa shape index (κ1) is 15.3. The molecule has 1 saturated carbocycles. The Hall–Kier alpha value is -1.10. The topological polar surface area (TPSA) is 66.8 Å². The first-order valence-electron chi connectivity index (χ1n) is 7.57. The zero-order chi connectivity index (χ0) is 14.7. The Kier molecular flexibility index (Phi) is 5.02. The molecule has 2 rings (SSSR count). The van der Waals surface area contributed by atoms with E-state index in [0.717, 1.165) is 25.8 Å². The fraction of sp³-hybridized carbons (Fsp3) is 0.867. The summed E-state index contributed by atoms with van der Waals surface area (Å²) in [6.07, 6.45) is 3.30. The van der Waals surface area contributed by atoms with Gasteiger partial charge in [-0.3, -0.25) is 9.59 Å². The standard InChI is InChI=1S/C15H25NO4/c1-3-10-6-12(13(7-10)15(18)19)14(17)16-5-4-11(8-16)9-20-2/h10-13H,3-9H2,1-2H3,(H,18,19)/t10?,11?,12-,13+/m0/s1. The molecule has 1 aliphatic carbocycles. The molecule has 1 saturated heterocycles. The van der Waals surface area contributed by atoms with Crippen LogP contribution in [0.1, 0.15) is 32.6 Å². The van der Waals surface area contributed by atoms with Crippen LogP contribution in [0.2, 0.25) is 0 Å². The zero-order valence-corrected chi connectivity index (χ0v) is 12.4. The number of amides is 1. The van der Waals surface area contributed by atoms with E-state index < -0.39 is 11.9 Å². The molecule has 0 spiro atoms. The fourth-order valence-corrected chi connectivity index (χ4v) is 3.66. The number of likely N-dealkylation sites (tertiary alicyclic amines) is 1. The molecule has 4 atom stereocenters. The van der Waals surface area contributed by atoms with Crippen LogP contribution >= 0.6 is 0 Å². The Balaban J connectivity index is 1.99. The summed E-state index contributed by atoms with van der Waals surface area (Å²) >= 11 is 0. The number of methoxy groups -OCH3 is 1. The highest BCUT2D eigenvalue weighted by Gasteiger charge is 2.44. The van der Waals surface area contributed by atoms with Crippen molar-refractivity contribution in [2.24, 2.45) is 23.7 Å². The van der Waals surface area contributed by atoms with E-state index in [1.54, 1.807) is 7.11 Å². The van der Waals surface area contributed by atoms with Gasteiger partial charge in [-0.05, 0) is 25.2 Å². The van der Waals surface area contributed by atoms with Crippen molar-refractivity contribution in [1.82, 2.24) is 4.90 Å². The Morgan fingerprint density at radius 1 is 1.25 bits per heavy atom. The van der Waals surface area contributed by atoms with E-state index in [-0.39, 0.29) is 11.8 Å². The van der Waals surface area contributed by atoms with Crippen molar-refractivity contribution in [3.8, 4) is 0 Å². The van der Waals surface area contributed by atoms with E-state index in [2.05, 4.69) is 6.92 Å². The van der Waals surface area contributed by atoms with E-state index in [1.165, 1.54) is 0 Å². The third-order valence-electron chi connectivity index (χ3n) is 4.87. The van der Waals surface area contributed by atoms with Crippen LogP contribution in [0.25, 0.3) is 0 Å². The van der Waals surface area contributed by atoms with Crippen molar-refractivity contribution in [1.29, 1.82) is 0 Å². The molecule has 1 aliphatic heterocycles. The Labute approximate surface area is 120 Å². The van der Waals surface area contributed by atoms with Gasteiger partial charge >= 0.3 is 5.97 Å². The minimum Gasteiger partial charge on any atom is -0.481 e. The Bertz CT molecular complexity index is 371. The van der Waals surface area contributed by atoms with E-state index in [4.69, 9.17) is 4.74 Å². The third kappa shape index (κ3) is 3.14. The summed E-state index contributed by atoms with van der Waals surface area (Å²) in [4.78, 5) is 25.8. The van der Waals surface area contributed by atoms with Crippen LogP contribution in [-0.4, -0.2) is 48.7 Å². The van der Waals surface area contributed by atoms with E-state index in [9.17, 15) is 14.7 Å². The van der Waals surface area contributed by atoms with Crippen molar-refractivity contribution < 1.29 is 19.4 Å². The molecule has 0 aromatic rings. The van der Waals surface area contributed by atoms with Gasteiger partial charge in [-0.25, -0.2) is 0 Å². The molecular weight excluding hydrogens is 258 g/mol. The third-order valence-corrected chi connectivity index (χ3v) is 4.87. The summed E-state index contributed by atoms with van der Waals surface area (Å²) < 4.78 is 5.14. The van der Waals surface area contributed by atoms with E-state index >= 15 is 0 Å². The van der Waals surface area contributed by atoms with Gasteiger partial charge in [-0.2, -0.15) is 0 Å². The maximum atomic E-state index is 12.6. The summed E-state index contributed by atoms with van der Waals surface area (Å²) in [5.74, 6) is -0.801. The Morgan fingerprint density at radius 2 is 1.95 bits per heavy atom. The van der Waals surface area contributed by atoms with Crippen molar-refractivity contribution in [2.75, 3.05) is 26.8 Å². The first-order chi connectivity index (χ1) is 9.56. The van der Waals surface area contributed by atoms with Gasteiger partial charge in [-0.1, -0.05) is 13.3 Å². The van der Waals surface area contributed by atoms with Gasteiger partial charge in [-0.15, -0.1) is 0 Å². The van der Waals surface area contributed by atoms with Crippen LogP contribution in [0.15, 0.2) is 0 Å². The lowest BCUT2D eigenvalue weighted by atomic mass is 9.95. The van der Waals surface area contributed by atoms with E-state index in [1.807, 2.05) is 4.90 Å². The predicted octanol–water partition coefficient (Wildman–Crippen LogP) is 1.62. The van der Waals surface area contributed by atoms with Gasteiger partial charge in [0, 0.05) is 26.1 Å². The molecule has 5 nitrogen and oxygen atoms in total.